The average Bonchev–Trinajstić information content (AvgIpc) is 2.21. The molecule has 1 fully saturated rings. The van der Waals surface area contributed by atoms with Crippen LogP contribution in [0.2, 0.25) is 5.02 Å². The first-order valence-corrected chi connectivity index (χ1v) is 5.69. The van der Waals surface area contributed by atoms with E-state index in [1.54, 1.807) is 24.3 Å². The lowest BCUT2D eigenvalue weighted by Gasteiger charge is -2.38. The van der Waals surface area contributed by atoms with Crippen LogP contribution in [0, 0.1) is 5.41 Å². The average molecular weight is 240 g/mol. The van der Waals surface area contributed by atoms with Crippen LogP contribution in [0.5, 0.6) is 0 Å². The topological polar surface area (TPSA) is 38.3 Å². The third-order valence-corrected chi connectivity index (χ3v) is 3.27. The molecule has 16 heavy (non-hydrogen) atoms. The second-order valence-electron chi connectivity index (χ2n) is 4.09. The van der Waals surface area contributed by atoms with Gasteiger partial charge in [-0.05, 0) is 30.7 Å². The molecule has 1 aliphatic rings. The highest BCUT2D eigenvalue weighted by Gasteiger charge is 2.44. The number of hydrogen-bond donors (Lipinski definition) is 1. The molecule has 0 bridgehead atoms. The fourth-order valence-electron chi connectivity index (χ4n) is 1.64. The molecule has 0 saturated carbocycles. The fraction of sp³-hybridized carbons (Fsp3) is 0.417. The molecule has 2 rings (SSSR count). The summed E-state index contributed by atoms with van der Waals surface area (Å²) in [6.07, 6.45) is 0.798. The van der Waals surface area contributed by atoms with E-state index < -0.39 is 0 Å². The second-order valence-corrected chi connectivity index (χ2v) is 4.52. The van der Waals surface area contributed by atoms with E-state index in [-0.39, 0.29) is 11.3 Å². The van der Waals surface area contributed by atoms with Crippen LogP contribution in [0.25, 0.3) is 0 Å². The number of carbonyl (C=O) groups is 1. The summed E-state index contributed by atoms with van der Waals surface area (Å²) in [6.45, 7) is 3.04. The van der Waals surface area contributed by atoms with Crippen molar-refractivity contribution in [1.82, 2.24) is 0 Å². The Labute approximate surface area is 99.7 Å². The largest absolute Gasteiger partial charge is 0.379 e. The first kappa shape index (κ1) is 11.4. The number of carbonyl (C=O) groups excluding carboxylic acids is 1. The molecule has 1 N–H and O–H groups in total. The van der Waals surface area contributed by atoms with Gasteiger partial charge in [-0.25, -0.2) is 0 Å². The van der Waals surface area contributed by atoms with Crippen LogP contribution in [0.3, 0.4) is 0 Å². The molecule has 0 spiro atoms. The molecule has 0 atom stereocenters. The maximum atomic E-state index is 12.0. The van der Waals surface area contributed by atoms with Crippen LogP contribution in [0.15, 0.2) is 24.3 Å². The summed E-state index contributed by atoms with van der Waals surface area (Å²) in [7, 11) is 0. The number of rotatable bonds is 3. The first-order valence-electron chi connectivity index (χ1n) is 5.31. The SMILES string of the molecule is CCC1(C(=O)Nc2ccc(Cl)cc2)COC1. The minimum absolute atomic E-state index is 0.0311. The van der Waals surface area contributed by atoms with Gasteiger partial charge in [-0.2, -0.15) is 0 Å². The predicted molar refractivity (Wildman–Crippen MR) is 63.6 cm³/mol. The van der Waals surface area contributed by atoms with Gasteiger partial charge in [-0.15, -0.1) is 0 Å². The molecule has 1 amide bonds. The van der Waals surface area contributed by atoms with E-state index in [2.05, 4.69) is 5.32 Å². The highest BCUT2D eigenvalue weighted by molar-refractivity contribution is 6.30. The zero-order chi connectivity index (χ0) is 11.6. The molecular weight excluding hydrogens is 226 g/mol. The molecule has 3 nitrogen and oxygen atoms in total. The van der Waals surface area contributed by atoms with Crippen LogP contribution < -0.4 is 5.32 Å². The van der Waals surface area contributed by atoms with Crippen molar-refractivity contribution in [3.8, 4) is 0 Å². The van der Waals surface area contributed by atoms with Gasteiger partial charge < -0.3 is 10.1 Å². The summed E-state index contributed by atoms with van der Waals surface area (Å²) in [4.78, 5) is 12.0. The van der Waals surface area contributed by atoms with Crippen LogP contribution >= 0.6 is 11.6 Å². The summed E-state index contributed by atoms with van der Waals surface area (Å²) in [6, 6.07) is 7.10. The quantitative estimate of drug-likeness (QED) is 0.881. The van der Waals surface area contributed by atoms with Gasteiger partial charge in [0.1, 0.15) is 0 Å². The predicted octanol–water partition coefficient (Wildman–Crippen LogP) is 2.71. The number of amides is 1. The lowest BCUT2D eigenvalue weighted by atomic mass is 9.82. The molecule has 1 heterocycles. The molecule has 1 aromatic rings. The molecule has 0 aromatic heterocycles. The van der Waals surface area contributed by atoms with E-state index in [1.165, 1.54) is 0 Å². The van der Waals surface area contributed by atoms with E-state index in [4.69, 9.17) is 16.3 Å². The monoisotopic (exact) mass is 239 g/mol. The molecule has 0 unspecified atom stereocenters. The Hall–Kier alpha value is -1.06. The summed E-state index contributed by atoms with van der Waals surface area (Å²) in [5.74, 6) is 0.0311. The fourth-order valence-corrected chi connectivity index (χ4v) is 1.77. The Morgan fingerprint density at radius 1 is 1.44 bits per heavy atom. The van der Waals surface area contributed by atoms with Crippen molar-refractivity contribution in [3.63, 3.8) is 0 Å². The van der Waals surface area contributed by atoms with Gasteiger partial charge in [0.25, 0.3) is 0 Å². The van der Waals surface area contributed by atoms with E-state index in [1.807, 2.05) is 6.92 Å². The normalized spacial score (nSPS) is 17.6. The maximum absolute atomic E-state index is 12.0. The van der Waals surface area contributed by atoms with Crippen molar-refractivity contribution in [2.24, 2.45) is 5.41 Å². The zero-order valence-corrected chi connectivity index (χ0v) is 9.88. The van der Waals surface area contributed by atoms with Gasteiger partial charge in [-0.1, -0.05) is 18.5 Å². The standard InChI is InChI=1S/C12H14ClNO2/c1-2-12(7-16-8-12)11(15)14-10-5-3-9(13)4-6-10/h3-6H,2,7-8H2,1H3,(H,14,15). The Balaban J connectivity index is 2.04. The zero-order valence-electron chi connectivity index (χ0n) is 9.13. The van der Waals surface area contributed by atoms with Crippen molar-refractivity contribution in [3.05, 3.63) is 29.3 Å². The van der Waals surface area contributed by atoms with E-state index >= 15 is 0 Å². The number of hydrogen-bond acceptors (Lipinski definition) is 2. The molecule has 1 aromatic carbocycles. The number of nitrogens with one attached hydrogen (secondary N) is 1. The van der Waals surface area contributed by atoms with Crippen LogP contribution in [0.1, 0.15) is 13.3 Å². The summed E-state index contributed by atoms with van der Waals surface area (Å²) in [5.41, 5.74) is 0.439. The number of benzene rings is 1. The first-order chi connectivity index (χ1) is 7.66. The second kappa shape index (κ2) is 4.44. The highest BCUT2D eigenvalue weighted by atomic mass is 35.5. The molecule has 0 radical (unpaired) electrons. The lowest BCUT2D eigenvalue weighted by molar-refractivity contribution is -0.156. The minimum atomic E-state index is -0.334. The lowest BCUT2D eigenvalue weighted by Crippen LogP contribution is -2.51. The van der Waals surface area contributed by atoms with E-state index in [9.17, 15) is 4.79 Å². The van der Waals surface area contributed by atoms with Crippen molar-refractivity contribution in [2.45, 2.75) is 13.3 Å². The van der Waals surface area contributed by atoms with Gasteiger partial charge in [0.2, 0.25) is 5.91 Å². The van der Waals surface area contributed by atoms with Crippen LogP contribution in [0.4, 0.5) is 5.69 Å². The van der Waals surface area contributed by atoms with E-state index in [0.29, 0.717) is 18.2 Å². The Morgan fingerprint density at radius 2 is 2.06 bits per heavy atom. The minimum Gasteiger partial charge on any atom is -0.379 e. The Kier molecular flexibility index (Phi) is 3.17. The summed E-state index contributed by atoms with van der Waals surface area (Å²) < 4.78 is 5.13. The van der Waals surface area contributed by atoms with E-state index in [0.717, 1.165) is 12.1 Å². The van der Waals surface area contributed by atoms with Crippen molar-refractivity contribution < 1.29 is 9.53 Å². The van der Waals surface area contributed by atoms with Gasteiger partial charge in [0, 0.05) is 10.7 Å². The maximum Gasteiger partial charge on any atom is 0.235 e. The van der Waals surface area contributed by atoms with Crippen molar-refractivity contribution in [1.29, 1.82) is 0 Å². The molecule has 1 aliphatic heterocycles. The third kappa shape index (κ3) is 2.06. The molecule has 86 valence electrons. The van der Waals surface area contributed by atoms with Gasteiger partial charge >= 0.3 is 0 Å². The summed E-state index contributed by atoms with van der Waals surface area (Å²) in [5, 5.41) is 3.55. The molecule has 1 saturated heterocycles. The van der Waals surface area contributed by atoms with Crippen LogP contribution in [-0.4, -0.2) is 19.1 Å². The van der Waals surface area contributed by atoms with Crippen LogP contribution in [-0.2, 0) is 9.53 Å². The van der Waals surface area contributed by atoms with Gasteiger partial charge in [-0.3, -0.25) is 4.79 Å². The number of halogens is 1. The third-order valence-electron chi connectivity index (χ3n) is 3.02. The number of ether oxygens (including phenoxy) is 1. The highest BCUT2D eigenvalue weighted by Crippen LogP contribution is 2.32. The molecule has 0 aliphatic carbocycles. The summed E-state index contributed by atoms with van der Waals surface area (Å²) >= 11 is 5.77. The van der Waals surface area contributed by atoms with Crippen molar-refractivity contribution in [2.75, 3.05) is 18.5 Å². The van der Waals surface area contributed by atoms with Gasteiger partial charge in [0.15, 0.2) is 0 Å². The number of anilines is 1. The van der Waals surface area contributed by atoms with Gasteiger partial charge in [0.05, 0.1) is 18.6 Å². The Bertz CT molecular complexity index is 379. The molecular formula is C12H14ClNO2. The molecule has 4 heteroatoms. The smallest absolute Gasteiger partial charge is 0.235 e. The van der Waals surface area contributed by atoms with Crippen molar-refractivity contribution >= 4 is 23.2 Å². The Morgan fingerprint density at radius 3 is 2.50 bits per heavy atom.